The van der Waals surface area contributed by atoms with Gasteiger partial charge in [0, 0.05) is 11.3 Å². The Morgan fingerprint density at radius 2 is 1.88 bits per heavy atom. The van der Waals surface area contributed by atoms with Gasteiger partial charge in [0.2, 0.25) is 0 Å². The number of nitriles is 1. The Labute approximate surface area is 163 Å². The lowest BCUT2D eigenvalue weighted by atomic mass is 10.1. The fourth-order valence-corrected chi connectivity index (χ4v) is 3.83. The smallest absolute Gasteiger partial charge is 0.187 e. The Hall–Kier alpha value is -2.23. The third kappa shape index (κ3) is 5.65. The average molecular weight is 384 g/mol. The maximum Gasteiger partial charge on any atom is 0.187 e. The summed E-state index contributed by atoms with van der Waals surface area (Å²) in [7, 11) is 1.44. The molecule has 0 radical (unpaired) electrons. The fourth-order valence-electron chi connectivity index (χ4n) is 2.29. The first-order chi connectivity index (χ1) is 12.7. The summed E-state index contributed by atoms with van der Waals surface area (Å²) in [5, 5.41) is 13.1. The van der Waals surface area contributed by atoms with Gasteiger partial charge in [0.05, 0.1) is 5.69 Å². The van der Waals surface area contributed by atoms with E-state index in [9.17, 15) is 5.26 Å². The van der Waals surface area contributed by atoms with E-state index in [1.54, 1.807) is 23.5 Å². The molecule has 0 spiro atoms. The van der Waals surface area contributed by atoms with Gasteiger partial charge < -0.3 is 4.84 Å². The molecule has 0 saturated carbocycles. The van der Waals surface area contributed by atoms with Gasteiger partial charge in [-0.25, -0.2) is 4.99 Å². The molecule has 0 aliphatic rings. The Kier molecular flexibility index (Phi) is 8.26. The number of hydrogen-bond donors (Lipinski definition) is 0. The summed E-state index contributed by atoms with van der Waals surface area (Å²) < 4.78 is 0.978. The zero-order chi connectivity index (χ0) is 18.8. The highest BCUT2D eigenvalue weighted by Crippen LogP contribution is 2.26. The molecule has 134 valence electrons. The maximum atomic E-state index is 9.30. The molecule has 0 bridgehead atoms. The Morgan fingerprint density at radius 1 is 1.15 bits per heavy atom. The van der Waals surface area contributed by atoms with Gasteiger partial charge in [0.15, 0.2) is 5.71 Å². The van der Waals surface area contributed by atoms with E-state index in [-0.39, 0.29) is 5.71 Å². The van der Waals surface area contributed by atoms with Crippen molar-refractivity contribution in [2.45, 2.75) is 19.1 Å². The molecule has 0 heterocycles. The fraction of sp³-hybridized carbons (Fsp3) is 0.250. The highest BCUT2D eigenvalue weighted by molar-refractivity contribution is 8.38. The SMILES string of the molecule is CCc1ccc(N=C(SC)SCc2ccccc2/C(C#N)=N/OC)cc1. The van der Waals surface area contributed by atoms with Crippen molar-refractivity contribution in [3.05, 3.63) is 65.2 Å². The number of rotatable bonds is 6. The van der Waals surface area contributed by atoms with Crippen LogP contribution < -0.4 is 0 Å². The molecular formula is C20H21N3OS2. The topological polar surface area (TPSA) is 57.7 Å². The van der Waals surface area contributed by atoms with Crippen molar-refractivity contribution in [2.24, 2.45) is 10.1 Å². The van der Waals surface area contributed by atoms with Gasteiger partial charge in [-0.2, -0.15) is 5.26 Å². The molecule has 0 aliphatic heterocycles. The van der Waals surface area contributed by atoms with E-state index >= 15 is 0 Å². The molecule has 2 rings (SSSR count). The summed E-state index contributed by atoms with van der Waals surface area (Å²) in [6.45, 7) is 2.14. The molecule has 0 aliphatic carbocycles. The molecule has 2 aromatic carbocycles. The van der Waals surface area contributed by atoms with Gasteiger partial charge in [0.25, 0.3) is 0 Å². The number of benzene rings is 2. The van der Waals surface area contributed by atoms with Gasteiger partial charge in [-0.05, 0) is 35.9 Å². The van der Waals surface area contributed by atoms with E-state index in [0.717, 1.165) is 27.6 Å². The molecule has 0 aromatic heterocycles. The van der Waals surface area contributed by atoms with Crippen molar-refractivity contribution in [1.82, 2.24) is 0 Å². The third-order valence-corrected chi connectivity index (χ3v) is 5.74. The first-order valence-corrected chi connectivity index (χ1v) is 10.4. The number of thioether (sulfide) groups is 2. The molecule has 0 amide bonds. The summed E-state index contributed by atoms with van der Waals surface area (Å²) in [5.41, 5.74) is 4.35. The van der Waals surface area contributed by atoms with E-state index in [1.807, 2.05) is 42.7 Å². The monoisotopic (exact) mass is 383 g/mol. The average Bonchev–Trinajstić information content (AvgIpc) is 2.70. The van der Waals surface area contributed by atoms with Crippen molar-refractivity contribution in [1.29, 1.82) is 5.26 Å². The Bertz CT molecular complexity index is 824. The largest absolute Gasteiger partial charge is 0.398 e. The van der Waals surface area contributed by atoms with Crippen molar-refractivity contribution in [3.8, 4) is 6.07 Å². The van der Waals surface area contributed by atoms with Crippen LogP contribution in [-0.2, 0) is 17.0 Å². The second kappa shape index (κ2) is 10.7. The van der Waals surface area contributed by atoms with Crippen LogP contribution in [0.5, 0.6) is 0 Å². The predicted molar refractivity (Wildman–Crippen MR) is 113 cm³/mol. The zero-order valence-electron chi connectivity index (χ0n) is 15.1. The third-order valence-electron chi connectivity index (χ3n) is 3.65. The lowest BCUT2D eigenvalue weighted by Crippen LogP contribution is -2.03. The zero-order valence-corrected chi connectivity index (χ0v) is 16.7. The molecule has 0 N–H and O–H groups in total. The molecule has 4 nitrogen and oxygen atoms in total. The van der Waals surface area contributed by atoms with E-state index in [0.29, 0.717) is 5.75 Å². The first-order valence-electron chi connectivity index (χ1n) is 8.15. The number of oxime groups is 1. The Balaban J connectivity index is 2.17. The van der Waals surface area contributed by atoms with E-state index in [2.05, 4.69) is 30.3 Å². The number of aryl methyl sites for hydroxylation is 1. The molecule has 26 heavy (non-hydrogen) atoms. The number of hydrogen-bond acceptors (Lipinski definition) is 6. The van der Waals surface area contributed by atoms with Gasteiger partial charge in [-0.1, -0.05) is 60.2 Å². The second-order valence-corrected chi connectivity index (χ2v) is 7.30. The van der Waals surface area contributed by atoms with Crippen LogP contribution in [0, 0.1) is 11.3 Å². The van der Waals surface area contributed by atoms with Gasteiger partial charge >= 0.3 is 0 Å². The minimum absolute atomic E-state index is 0.279. The van der Waals surface area contributed by atoms with Gasteiger partial charge in [0.1, 0.15) is 17.6 Å². The van der Waals surface area contributed by atoms with Crippen LogP contribution in [0.25, 0.3) is 0 Å². The van der Waals surface area contributed by atoms with Crippen LogP contribution in [-0.4, -0.2) is 23.5 Å². The van der Waals surface area contributed by atoms with E-state index in [4.69, 9.17) is 9.83 Å². The molecule has 0 saturated heterocycles. The number of nitrogens with zero attached hydrogens (tertiary/aromatic N) is 3. The van der Waals surface area contributed by atoms with Crippen LogP contribution in [0.2, 0.25) is 0 Å². The quantitative estimate of drug-likeness (QED) is 0.380. The van der Waals surface area contributed by atoms with Crippen molar-refractivity contribution in [3.63, 3.8) is 0 Å². The lowest BCUT2D eigenvalue weighted by Gasteiger charge is -2.08. The molecule has 2 aromatic rings. The van der Waals surface area contributed by atoms with Gasteiger partial charge in [-0.3, -0.25) is 0 Å². The summed E-state index contributed by atoms with van der Waals surface area (Å²) in [6, 6.07) is 18.1. The number of aliphatic imine (C=N–C) groups is 1. The predicted octanol–water partition coefficient (Wildman–Crippen LogP) is 5.41. The highest BCUT2D eigenvalue weighted by atomic mass is 32.2. The molecule has 0 atom stereocenters. The maximum absolute atomic E-state index is 9.30. The van der Waals surface area contributed by atoms with E-state index in [1.165, 1.54) is 12.7 Å². The minimum atomic E-state index is 0.279. The summed E-state index contributed by atoms with van der Waals surface area (Å²) >= 11 is 3.26. The van der Waals surface area contributed by atoms with Crippen LogP contribution in [0.1, 0.15) is 23.6 Å². The molecule has 0 fully saturated rings. The van der Waals surface area contributed by atoms with Crippen molar-refractivity contribution >= 4 is 39.3 Å². The van der Waals surface area contributed by atoms with Crippen LogP contribution >= 0.6 is 23.5 Å². The first kappa shape index (κ1) is 20.1. The highest BCUT2D eigenvalue weighted by Gasteiger charge is 2.11. The standard InChI is InChI=1S/C20H21N3OS2/c1-4-15-9-11-17(12-10-15)22-20(25-3)26-14-16-7-5-6-8-18(16)19(13-21)23-24-2/h5-12H,4,14H2,1-3H3/b22-20?,23-19+. The minimum Gasteiger partial charge on any atom is -0.398 e. The second-order valence-electron chi connectivity index (χ2n) is 5.28. The van der Waals surface area contributed by atoms with Crippen LogP contribution in [0.3, 0.4) is 0 Å². The lowest BCUT2D eigenvalue weighted by molar-refractivity contribution is 0.214. The van der Waals surface area contributed by atoms with Crippen LogP contribution in [0.4, 0.5) is 5.69 Å². The van der Waals surface area contributed by atoms with Crippen LogP contribution in [0.15, 0.2) is 58.7 Å². The summed E-state index contributed by atoms with van der Waals surface area (Å²) in [4.78, 5) is 9.50. The molecule has 6 heteroatoms. The summed E-state index contributed by atoms with van der Waals surface area (Å²) in [5.74, 6) is 0.702. The normalized spacial score (nSPS) is 11.9. The van der Waals surface area contributed by atoms with Gasteiger partial charge in [-0.15, -0.1) is 11.8 Å². The summed E-state index contributed by atoms with van der Waals surface area (Å²) in [6.07, 6.45) is 3.04. The Morgan fingerprint density at radius 3 is 2.50 bits per heavy atom. The van der Waals surface area contributed by atoms with Crippen molar-refractivity contribution < 1.29 is 4.84 Å². The molecular weight excluding hydrogens is 362 g/mol. The molecule has 0 unspecified atom stereocenters. The van der Waals surface area contributed by atoms with E-state index < -0.39 is 0 Å². The van der Waals surface area contributed by atoms with Crippen molar-refractivity contribution in [2.75, 3.05) is 13.4 Å².